The van der Waals surface area contributed by atoms with Gasteiger partial charge >= 0.3 is 0 Å². The van der Waals surface area contributed by atoms with Crippen molar-refractivity contribution in [2.75, 3.05) is 7.11 Å². The second-order valence-electron chi connectivity index (χ2n) is 4.45. The number of carbonyl (C=O) groups excluding carboxylic acids is 1. The lowest BCUT2D eigenvalue weighted by atomic mass is 10.1. The van der Waals surface area contributed by atoms with Crippen LogP contribution in [0.15, 0.2) is 40.5 Å². The number of Topliss-reactive ketones (excluding diaryl/α,β-unsaturated/α-hetero) is 1. The minimum atomic E-state index is -0.210. The molecule has 3 aromatic rings. The van der Waals surface area contributed by atoms with Gasteiger partial charge in [-0.05, 0) is 23.6 Å². The first-order chi connectivity index (χ1) is 10.2. The zero-order valence-electron chi connectivity index (χ0n) is 11.3. The van der Waals surface area contributed by atoms with Gasteiger partial charge in [0, 0.05) is 0 Å². The summed E-state index contributed by atoms with van der Waals surface area (Å²) in [7, 11) is 1.52. The van der Waals surface area contributed by atoms with Gasteiger partial charge in [-0.2, -0.15) is 0 Å². The summed E-state index contributed by atoms with van der Waals surface area (Å²) in [6.45, 7) is 0. The first kappa shape index (κ1) is 13.5. The van der Waals surface area contributed by atoms with E-state index >= 15 is 0 Å². The van der Waals surface area contributed by atoms with E-state index in [1.165, 1.54) is 18.4 Å². The van der Waals surface area contributed by atoms with E-state index < -0.39 is 0 Å². The molecule has 5 nitrogen and oxygen atoms in total. The van der Waals surface area contributed by atoms with Gasteiger partial charge in [0.2, 0.25) is 0 Å². The van der Waals surface area contributed by atoms with E-state index in [1.54, 1.807) is 35.7 Å². The lowest BCUT2D eigenvalue weighted by molar-refractivity contribution is 0.0988. The van der Waals surface area contributed by atoms with Gasteiger partial charge in [0.25, 0.3) is 5.56 Å². The lowest BCUT2D eigenvalue weighted by Gasteiger charge is -2.06. The molecule has 0 spiro atoms. The highest BCUT2D eigenvalue weighted by molar-refractivity contribution is 7.17. The molecule has 1 aromatic carbocycles. The number of benzene rings is 1. The summed E-state index contributed by atoms with van der Waals surface area (Å²) in [5, 5.41) is 1.80. The van der Waals surface area contributed by atoms with E-state index in [2.05, 4.69) is 9.97 Å². The Balaban J connectivity index is 1.94. The second kappa shape index (κ2) is 5.49. The van der Waals surface area contributed by atoms with Gasteiger partial charge in [0.1, 0.15) is 16.3 Å². The Morgan fingerprint density at radius 2 is 2.14 bits per heavy atom. The number of nitrogens with zero attached hydrogens (tertiary/aromatic N) is 1. The maximum absolute atomic E-state index is 12.3. The molecule has 0 radical (unpaired) electrons. The largest absolute Gasteiger partial charge is 0.496 e. The Bertz CT molecular complexity index is 866. The molecule has 2 heterocycles. The maximum Gasteiger partial charge on any atom is 0.268 e. The van der Waals surface area contributed by atoms with Gasteiger partial charge in [0.05, 0.1) is 24.6 Å². The van der Waals surface area contributed by atoms with Crippen LogP contribution in [0.3, 0.4) is 0 Å². The lowest BCUT2D eigenvalue weighted by Crippen LogP contribution is -2.14. The van der Waals surface area contributed by atoms with E-state index in [0.717, 1.165) is 0 Å². The molecule has 6 heteroatoms. The van der Waals surface area contributed by atoms with Gasteiger partial charge < -0.3 is 9.72 Å². The van der Waals surface area contributed by atoms with E-state index in [9.17, 15) is 9.59 Å². The van der Waals surface area contributed by atoms with Crippen LogP contribution in [-0.4, -0.2) is 22.9 Å². The Kier molecular flexibility index (Phi) is 3.53. The molecular formula is C15H12N2O3S. The van der Waals surface area contributed by atoms with Crippen LogP contribution in [0.5, 0.6) is 5.75 Å². The molecular weight excluding hydrogens is 288 g/mol. The number of fused-ring (bicyclic) bond motifs is 1. The number of rotatable bonds is 4. The van der Waals surface area contributed by atoms with E-state index in [0.29, 0.717) is 27.4 Å². The summed E-state index contributed by atoms with van der Waals surface area (Å²) >= 11 is 1.33. The van der Waals surface area contributed by atoms with Crippen LogP contribution in [0.25, 0.3) is 10.2 Å². The zero-order chi connectivity index (χ0) is 14.8. The Morgan fingerprint density at radius 1 is 1.33 bits per heavy atom. The highest BCUT2D eigenvalue weighted by atomic mass is 32.1. The minimum Gasteiger partial charge on any atom is -0.496 e. The van der Waals surface area contributed by atoms with E-state index in [4.69, 9.17) is 4.74 Å². The van der Waals surface area contributed by atoms with Crippen molar-refractivity contribution in [3.05, 3.63) is 57.5 Å². The molecule has 0 aliphatic heterocycles. The third kappa shape index (κ3) is 2.57. The predicted octanol–water partition coefficient (Wildman–Crippen LogP) is 2.42. The van der Waals surface area contributed by atoms with Crippen molar-refractivity contribution in [3.63, 3.8) is 0 Å². The number of methoxy groups -OCH3 is 1. The van der Waals surface area contributed by atoms with Gasteiger partial charge in [-0.3, -0.25) is 9.59 Å². The number of thiophene rings is 1. The van der Waals surface area contributed by atoms with E-state index in [1.807, 2.05) is 0 Å². The molecule has 21 heavy (non-hydrogen) atoms. The van der Waals surface area contributed by atoms with Crippen LogP contribution in [0.4, 0.5) is 0 Å². The van der Waals surface area contributed by atoms with Gasteiger partial charge in [-0.1, -0.05) is 12.1 Å². The molecule has 0 unspecified atom stereocenters. The Labute approximate surface area is 124 Å². The molecule has 0 bridgehead atoms. The van der Waals surface area contributed by atoms with Crippen molar-refractivity contribution in [2.45, 2.75) is 6.42 Å². The first-order valence-electron chi connectivity index (χ1n) is 6.31. The smallest absolute Gasteiger partial charge is 0.268 e. The van der Waals surface area contributed by atoms with Crippen molar-refractivity contribution in [3.8, 4) is 5.75 Å². The van der Waals surface area contributed by atoms with E-state index in [-0.39, 0.29) is 17.8 Å². The average molecular weight is 300 g/mol. The topological polar surface area (TPSA) is 72.0 Å². The van der Waals surface area contributed by atoms with Crippen LogP contribution in [0.1, 0.15) is 16.2 Å². The summed E-state index contributed by atoms with van der Waals surface area (Å²) in [5.41, 5.74) is 0.887. The van der Waals surface area contributed by atoms with Crippen molar-refractivity contribution in [1.29, 1.82) is 0 Å². The van der Waals surface area contributed by atoms with Crippen molar-refractivity contribution in [1.82, 2.24) is 9.97 Å². The minimum absolute atomic E-state index is 0.0292. The molecule has 0 aliphatic carbocycles. The normalized spacial score (nSPS) is 10.7. The molecule has 0 saturated heterocycles. The number of para-hydroxylation sites is 1. The fourth-order valence-corrected chi connectivity index (χ4v) is 2.85. The summed E-state index contributed by atoms with van der Waals surface area (Å²) in [4.78, 5) is 31.2. The second-order valence-corrected chi connectivity index (χ2v) is 5.36. The number of nitrogens with one attached hydrogen (secondary N) is 1. The van der Waals surface area contributed by atoms with Crippen LogP contribution >= 0.6 is 11.3 Å². The number of aromatic amines is 1. The van der Waals surface area contributed by atoms with Crippen molar-refractivity contribution in [2.24, 2.45) is 0 Å². The predicted molar refractivity (Wildman–Crippen MR) is 81.3 cm³/mol. The molecule has 106 valence electrons. The molecule has 1 N–H and O–H groups in total. The summed E-state index contributed by atoms with van der Waals surface area (Å²) < 4.78 is 5.75. The highest BCUT2D eigenvalue weighted by Crippen LogP contribution is 2.19. The van der Waals surface area contributed by atoms with Gasteiger partial charge in [-0.15, -0.1) is 11.3 Å². The SMILES string of the molecule is COc1ccccc1C(=O)Cc1nc2ccsc2c(=O)[nH]1. The third-order valence-corrected chi connectivity index (χ3v) is 4.00. The number of aromatic nitrogens is 2. The van der Waals surface area contributed by atoms with Crippen LogP contribution in [0.2, 0.25) is 0 Å². The fraction of sp³-hybridized carbons (Fsp3) is 0.133. The van der Waals surface area contributed by atoms with Gasteiger partial charge in [0.15, 0.2) is 5.78 Å². The van der Waals surface area contributed by atoms with Crippen LogP contribution in [-0.2, 0) is 6.42 Å². The van der Waals surface area contributed by atoms with Gasteiger partial charge in [-0.25, -0.2) is 4.98 Å². The molecule has 0 aliphatic rings. The van der Waals surface area contributed by atoms with Crippen molar-refractivity contribution < 1.29 is 9.53 Å². The number of H-pyrrole nitrogens is 1. The number of hydrogen-bond acceptors (Lipinski definition) is 5. The summed E-state index contributed by atoms with van der Waals surface area (Å²) in [6.07, 6.45) is 0.0292. The molecule has 0 atom stereocenters. The number of ether oxygens (including phenoxy) is 1. The quantitative estimate of drug-likeness (QED) is 0.751. The molecule has 0 saturated carbocycles. The number of hydrogen-bond donors (Lipinski definition) is 1. The van der Waals surface area contributed by atoms with Crippen LogP contribution in [0, 0.1) is 0 Å². The van der Waals surface area contributed by atoms with Crippen molar-refractivity contribution >= 4 is 27.3 Å². The summed E-state index contributed by atoms with van der Waals surface area (Å²) in [5.74, 6) is 0.730. The number of ketones is 1. The molecule has 2 aromatic heterocycles. The zero-order valence-corrected chi connectivity index (χ0v) is 12.1. The highest BCUT2D eigenvalue weighted by Gasteiger charge is 2.14. The molecule has 3 rings (SSSR count). The van der Waals surface area contributed by atoms with Crippen LogP contribution < -0.4 is 10.3 Å². The first-order valence-corrected chi connectivity index (χ1v) is 7.19. The summed E-state index contributed by atoms with van der Waals surface area (Å²) in [6, 6.07) is 8.77. The fourth-order valence-electron chi connectivity index (χ4n) is 2.13. The average Bonchev–Trinajstić information content (AvgIpc) is 2.96. The Hall–Kier alpha value is -2.47. The third-order valence-electron chi connectivity index (χ3n) is 3.10. The monoisotopic (exact) mass is 300 g/mol. The maximum atomic E-state index is 12.3. The standard InChI is InChI=1S/C15H12N2O3S/c1-20-12-5-3-2-4-9(12)11(18)8-13-16-10-6-7-21-14(10)15(19)17-13/h2-7H,8H2,1H3,(H,16,17,19). The number of carbonyl (C=O) groups is 1. The molecule has 0 fully saturated rings. The molecule has 0 amide bonds. The Morgan fingerprint density at radius 3 is 2.95 bits per heavy atom.